The molecule has 5 nitrogen and oxygen atoms in total. The lowest BCUT2D eigenvalue weighted by Crippen LogP contribution is -1.90. The zero-order chi connectivity index (χ0) is 11.0. The maximum absolute atomic E-state index is 10.8. The molecule has 15 heavy (non-hydrogen) atoms. The van der Waals surface area contributed by atoms with Crippen LogP contribution in [0.25, 0.3) is 11.4 Å². The van der Waals surface area contributed by atoms with Crippen LogP contribution in [0.5, 0.6) is 0 Å². The average molecular weight is 225 g/mol. The molecule has 78 valence electrons. The van der Waals surface area contributed by atoms with Crippen molar-refractivity contribution in [2.75, 3.05) is 0 Å². The lowest BCUT2D eigenvalue weighted by Gasteiger charge is -1.93. The molecule has 0 aliphatic heterocycles. The standard InChI is InChI=1S/C9H9ClN4O/c1-5-3-14(2)13-7(5)8-6(4-15)9(10)12-11-8/h3-4H,1-2H3,(H,11,12). The van der Waals surface area contributed by atoms with E-state index in [1.165, 1.54) is 0 Å². The van der Waals surface area contributed by atoms with Crippen LogP contribution >= 0.6 is 11.6 Å². The van der Waals surface area contributed by atoms with Crippen LogP contribution < -0.4 is 0 Å². The van der Waals surface area contributed by atoms with E-state index in [1.807, 2.05) is 20.2 Å². The smallest absolute Gasteiger partial charge is 0.155 e. The fourth-order valence-electron chi connectivity index (χ4n) is 1.46. The number of aromatic amines is 1. The number of nitrogens with one attached hydrogen (secondary N) is 1. The summed E-state index contributed by atoms with van der Waals surface area (Å²) in [4.78, 5) is 10.8. The van der Waals surface area contributed by atoms with Crippen molar-refractivity contribution in [2.45, 2.75) is 6.92 Å². The zero-order valence-corrected chi connectivity index (χ0v) is 9.04. The Morgan fingerprint density at radius 3 is 2.80 bits per heavy atom. The first-order chi connectivity index (χ1) is 7.13. The van der Waals surface area contributed by atoms with E-state index in [0.717, 1.165) is 5.56 Å². The van der Waals surface area contributed by atoms with Gasteiger partial charge >= 0.3 is 0 Å². The van der Waals surface area contributed by atoms with Crippen LogP contribution in [0, 0.1) is 6.92 Å². The van der Waals surface area contributed by atoms with Gasteiger partial charge in [-0.25, -0.2) is 0 Å². The normalized spacial score (nSPS) is 10.6. The summed E-state index contributed by atoms with van der Waals surface area (Å²) >= 11 is 5.77. The van der Waals surface area contributed by atoms with Gasteiger partial charge < -0.3 is 0 Å². The highest BCUT2D eigenvalue weighted by Crippen LogP contribution is 2.25. The highest BCUT2D eigenvalue weighted by molar-refractivity contribution is 6.32. The minimum absolute atomic E-state index is 0.241. The number of aromatic nitrogens is 4. The van der Waals surface area contributed by atoms with Crippen LogP contribution in [0.3, 0.4) is 0 Å². The van der Waals surface area contributed by atoms with E-state index in [2.05, 4.69) is 15.3 Å². The predicted molar refractivity (Wildman–Crippen MR) is 55.9 cm³/mol. The van der Waals surface area contributed by atoms with Gasteiger partial charge in [-0.1, -0.05) is 11.6 Å². The van der Waals surface area contributed by atoms with E-state index in [-0.39, 0.29) is 5.15 Å². The fraction of sp³-hybridized carbons (Fsp3) is 0.222. The molecule has 0 saturated heterocycles. The number of H-pyrrole nitrogens is 1. The van der Waals surface area contributed by atoms with Gasteiger partial charge in [-0.3, -0.25) is 14.6 Å². The van der Waals surface area contributed by atoms with Crippen LogP contribution in [0.1, 0.15) is 15.9 Å². The Bertz CT molecular complexity index is 514. The van der Waals surface area contributed by atoms with Gasteiger partial charge in [0.1, 0.15) is 16.5 Å². The van der Waals surface area contributed by atoms with E-state index < -0.39 is 0 Å². The Morgan fingerprint density at radius 2 is 2.27 bits per heavy atom. The monoisotopic (exact) mass is 224 g/mol. The molecule has 0 aliphatic carbocycles. The number of aldehydes is 1. The molecule has 6 heteroatoms. The summed E-state index contributed by atoms with van der Waals surface area (Å²) in [6.45, 7) is 1.90. The molecule has 0 spiro atoms. The van der Waals surface area contributed by atoms with E-state index in [4.69, 9.17) is 11.6 Å². The minimum atomic E-state index is 0.241. The van der Waals surface area contributed by atoms with Crippen molar-refractivity contribution in [1.82, 2.24) is 20.0 Å². The third kappa shape index (κ3) is 1.55. The van der Waals surface area contributed by atoms with E-state index in [9.17, 15) is 4.79 Å². The Labute approximate surface area is 91.1 Å². The van der Waals surface area contributed by atoms with Crippen LogP contribution in [0.4, 0.5) is 0 Å². The summed E-state index contributed by atoms with van der Waals surface area (Å²) in [5.74, 6) is 0. The molecule has 1 N–H and O–H groups in total. The summed E-state index contributed by atoms with van der Waals surface area (Å²) < 4.78 is 1.67. The van der Waals surface area contributed by atoms with Crippen molar-refractivity contribution in [3.8, 4) is 11.4 Å². The first-order valence-electron chi connectivity index (χ1n) is 4.33. The Balaban J connectivity index is 2.63. The second-order valence-electron chi connectivity index (χ2n) is 3.25. The number of aryl methyl sites for hydroxylation is 2. The molecule has 0 atom stereocenters. The van der Waals surface area contributed by atoms with Crippen LogP contribution in [0.2, 0.25) is 5.15 Å². The molecule has 0 bridgehead atoms. The number of hydrogen-bond donors (Lipinski definition) is 1. The van der Waals surface area contributed by atoms with Crippen molar-refractivity contribution in [3.05, 3.63) is 22.5 Å². The number of rotatable bonds is 2. The Kier molecular flexibility index (Phi) is 2.32. The molecule has 0 amide bonds. The van der Waals surface area contributed by atoms with Gasteiger partial charge in [0.25, 0.3) is 0 Å². The largest absolute Gasteiger partial charge is 0.298 e. The molecule has 0 aliphatic rings. The average Bonchev–Trinajstić information content (AvgIpc) is 2.69. The summed E-state index contributed by atoms with van der Waals surface area (Å²) in [5, 5.41) is 11.0. The second kappa shape index (κ2) is 3.51. The lowest BCUT2D eigenvalue weighted by atomic mass is 10.1. The topological polar surface area (TPSA) is 63.6 Å². The molecule has 0 radical (unpaired) electrons. The maximum Gasteiger partial charge on any atom is 0.155 e. The third-order valence-corrected chi connectivity index (χ3v) is 2.40. The van der Waals surface area contributed by atoms with Gasteiger partial charge in [0.15, 0.2) is 6.29 Å². The van der Waals surface area contributed by atoms with E-state index in [0.29, 0.717) is 23.2 Å². The molecular weight excluding hydrogens is 216 g/mol. The number of carbonyl (C=O) groups is 1. The van der Waals surface area contributed by atoms with Crippen molar-refractivity contribution in [3.63, 3.8) is 0 Å². The summed E-state index contributed by atoms with van der Waals surface area (Å²) in [6.07, 6.45) is 2.53. The van der Waals surface area contributed by atoms with Gasteiger partial charge in [-0.15, -0.1) is 0 Å². The highest BCUT2D eigenvalue weighted by Gasteiger charge is 2.17. The number of carbonyl (C=O) groups excluding carboxylic acids is 1. The number of nitrogens with zero attached hydrogens (tertiary/aromatic N) is 3. The van der Waals surface area contributed by atoms with Crippen LogP contribution in [-0.4, -0.2) is 26.3 Å². The van der Waals surface area contributed by atoms with Gasteiger partial charge in [0, 0.05) is 13.2 Å². The van der Waals surface area contributed by atoms with Crippen molar-refractivity contribution >= 4 is 17.9 Å². The zero-order valence-electron chi connectivity index (χ0n) is 8.28. The quantitative estimate of drug-likeness (QED) is 0.788. The lowest BCUT2D eigenvalue weighted by molar-refractivity contribution is 0.112. The van der Waals surface area contributed by atoms with Crippen LogP contribution in [0.15, 0.2) is 6.20 Å². The van der Waals surface area contributed by atoms with Gasteiger partial charge in [0.2, 0.25) is 0 Å². The summed E-state index contributed by atoms with van der Waals surface area (Å²) in [6, 6.07) is 0. The molecule has 2 heterocycles. The summed E-state index contributed by atoms with van der Waals surface area (Å²) in [5.41, 5.74) is 2.46. The van der Waals surface area contributed by atoms with Crippen molar-refractivity contribution in [2.24, 2.45) is 7.05 Å². The first kappa shape index (κ1) is 9.92. The molecule has 0 saturated carbocycles. The second-order valence-corrected chi connectivity index (χ2v) is 3.63. The Hall–Kier alpha value is -1.62. The SMILES string of the molecule is Cc1cn(C)nc1-c1n[nH]c(Cl)c1C=O. The molecular formula is C9H9ClN4O. The summed E-state index contributed by atoms with van der Waals surface area (Å²) in [7, 11) is 1.81. The van der Waals surface area contributed by atoms with Gasteiger partial charge in [0.05, 0.1) is 5.56 Å². The number of halogens is 1. The van der Waals surface area contributed by atoms with E-state index >= 15 is 0 Å². The van der Waals surface area contributed by atoms with Gasteiger partial charge in [-0.05, 0) is 12.5 Å². The molecule has 0 fully saturated rings. The fourth-order valence-corrected chi connectivity index (χ4v) is 1.63. The predicted octanol–water partition coefficient (Wildman–Crippen LogP) is 1.58. The first-order valence-corrected chi connectivity index (χ1v) is 4.71. The molecule has 0 aromatic carbocycles. The molecule has 0 unspecified atom stereocenters. The number of hydrogen-bond acceptors (Lipinski definition) is 3. The third-order valence-electron chi connectivity index (χ3n) is 2.11. The molecule has 2 aromatic heterocycles. The van der Waals surface area contributed by atoms with E-state index in [1.54, 1.807) is 4.68 Å². The minimum Gasteiger partial charge on any atom is -0.298 e. The maximum atomic E-state index is 10.8. The van der Waals surface area contributed by atoms with Crippen molar-refractivity contribution < 1.29 is 4.79 Å². The Morgan fingerprint density at radius 1 is 1.53 bits per heavy atom. The molecule has 2 aromatic rings. The molecule has 2 rings (SSSR count). The van der Waals surface area contributed by atoms with Gasteiger partial charge in [-0.2, -0.15) is 10.2 Å². The highest BCUT2D eigenvalue weighted by atomic mass is 35.5. The van der Waals surface area contributed by atoms with Crippen molar-refractivity contribution in [1.29, 1.82) is 0 Å². The van der Waals surface area contributed by atoms with Crippen LogP contribution in [-0.2, 0) is 7.05 Å².